The zero-order chi connectivity index (χ0) is 24.4. The third-order valence-corrected chi connectivity index (χ3v) is 6.84. The number of ether oxygens (including phenoxy) is 1. The lowest BCUT2D eigenvalue weighted by Crippen LogP contribution is -2.23. The highest BCUT2D eigenvalue weighted by molar-refractivity contribution is 7.93. The number of anilines is 1. The van der Waals surface area contributed by atoms with Crippen molar-refractivity contribution in [3.63, 3.8) is 0 Å². The van der Waals surface area contributed by atoms with Crippen LogP contribution >= 0.6 is 34.5 Å². The summed E-state index contributed by atoms with van der Waals surface area (Å²) in [7, 11) is -4.12. The van der Waals surface area contributed by atoms with Gasteiger partial charge in [-0.25, -0.2) is 17.8 Å². The molecule has 0 saturated heterocycles. The van der Waals surface area contributed by atoms with Gasteiger partial charge in [0.25, 0.3) is 15.9 Å². The van der Waals surface area contributed by atoms with Gasteiger partial charge < -0.3 is 10.1 Å². The zero-order valence-electron chi connectivity index (χ0n) is 15.9. The fourth-order valence-corrected chi connectivity index (χ4v) is 5.08. The number of sulfonamides is 1. The van der Waals surface area contributed by atoms with Crippen molar-refractivity contribution in [2.75, 3.05) is 4.72 Å². The van der Waals surface area contributed by atoms with Crippen molar-refractivity contribution in [2.45, 2.75) is 17.8 Å². The molecule has 2 N–H and O–H groups in total. The number of benzene rings is 2. The van der Waals surface area contributed by atoms with Crippen LogP contribution < -0.4 is 14.8 Å². The Balaban J connectivity index is 1.70. The first-order chi connectivity index (χ1) is 15.3. The highest BCUT2D eigenvalue weighted by Crippen LogP contribution is 2.29. The summed E-state index contributed by atoms with van der Waals surface area (Å²) >= 11 is 12.6. The van der Waals surface area contributed by atoms with Crippen molar-refractivity contribution in [3.8, 4) is 5.75 Å². The van der Waals surface area contributed by atoms with Gasteiger partial charge in [-0.1, -0.05) is 40.6 Å². The largest absolute Gasteiger partial charge is 0.573 e. The number of halogens is 6. The first kappa shape index (κ1) is 25.0. The van der Waals surface area contributed by atoms with Crippen LogP contribution in [0.5, 0.6) is 5.75 Å². The molecule has 0 atom stereocenters. The van der Waals surface area contributed by atoms with Crippen LogP contribution in [0.25, 0.3) is 0 Å². The van der Waals surface area contributed by atoms with Crippen molar-refractivity contribution < 1.29 is 35.5 Å². The topological polar surface area (TPSA) is 97.4 Å². The molecule has 15 heteroatoms. The minimum absolute atomic E-state index is 0.0195. The van der Waals surface area contributed by atoms with Crippen LogP contribution in [0.15, 0.2) is 47.5 Å². The third-order valence-electron chi connectivity index (χ3n) is 3.86. The van der Waals surface area contributed by atoms with Gasteiger partial charge in [-0.05, 0) is 35.9 Å². The summed E-state index contributed by atoms with van der Waals surface area (Å²) in [6, 6.07) is 6.11. The van der Waals surface area contributed by atoms with E-state index in [-0.39, 0.29) is 37.1 Å². The molecule has 0 aliphatic heterocycles. The van der Waals surface area contributed by atoms with Crippen LogP contribution in [0.1, 0.15) is 15.9 Å². The molecule has 0 unspecified atom stereocenters. The van der Waals surface area contributed by atoms with Gasteiger partial charge in [-0.2, -0.15) is 0 Å². The highest BCUT2D eigenvalue weighted by Gasteiger charge is 2.32. The van der Waals surface area contributed by atoms with Crippen molar-refractivity contribution >= 4 is 55.6 Å². The number of nitrogens with one attached hydrogen (secondary N) is 2. The van der Waals surface area contributed by atoms with Gasteiger partial charge in [-0.15, -0.1) is 13.2 Å². The summed E-state index contributed by atoms with van der Waals surface area (Å²) in [5.74, 6) is -2.97. The SMILES string of the molecule is O=C(NCc1ccc(F)c(OC(F)(F)F)c1)c1ccc(S(=O)(=O)Nc2ncc(Cl)s2)c(Cl)c1. The summed E-state index contributed by atoms with van der Waals surface area (Å²) < 4.78 is 81.5. The van der Waals surface area contributed by atoms with Gasteiger partial charge in [0.1, 0.15) is 9.23 Å². The Kier molecular flexibility index (Phi) is 7.36. The van der Waals surface area contributed by atoms with E-state index < -0.39 is 33.9 Å². The van der Waals surface area contributed by atoms with Crippen LogP contribution in [-0.2, 0) is 16.6 Å². The van der Waals surface area contributed by atoms with Crippen LogP contribution in [0.3, 0.4) is 0 Å². The molecule has 7 nitrogen and oxygen atoms in total. The van der Waals surface area contributed by atoms with Gasteiger partial charge >= 0.3 is 6.36 Å². The fraction of sp³-hybridized carbons (Fsp3) is 0.111. The molecule has 1 aromatic heterocycles. The summed E-state index contributed by atoms with van der Waals surface area (Å²) in [6.07, 6.45) is -3.82. The van der Waals surface area contributed by atoms with E-state index in [1.165, 1.54) is 12.3 Å². The monoisotopic (exact) mass is 543 g/mol. The molecule has 3 aromatic rings. The standard InChI is InChI=1S/C18H11Cl2F4N3O4S2/c19-11-6-10(2-4-14(11)33(29,30)27-17-26-8-15(20)32-17)16(28)25-7-9-1-3-12(21)13(5-9)31-18(22,23)24/h1-6,8H,7H2,(H,25,28)(H,26,27). The van der Waals surface area contributed by atoms with Gasteiger partial charge in [0.2, 0.25) is 0 Å². The molecule has 0 bridgehead atoms. The van der Waals surface area contributed by atoms with E-state index >= 15 is 0 Å². The summed E-state index contributed by atoms with van der Waals surface area (Å²) in [6.45, 7) is -0.267. The second-order valence-corrected chi connectivity index (χ2v) is 9.94. The fourth-order valence-electron chi connectivity index (χ4n) is 2.48. The summed E-state index contributed by atoms with van der Waals surface area (Å²) in [5.41, 5.74) is 0.103. The molecular formula is C18H11Cl2F4N3O4S2. The summed E-state index contributed by atoms with van der Waals surface area (Å²) in [4.78, 5) is 15.8. The molecule has 0 saturated carbocycles. The van der Waals surface area contributed by atoms with Crippen LogP contribution in [-0.4, -0.2) is 25.7 Å². The minimum atomic E-state index is -5.08. The molecule has 0 radical (unpaired) electrons. The number of carbonyl (C=O) groups is 1. The van der Waals surface area contributed by atoms with Crippen molar-refractivity contribution in [2.24, 2.45) is 0 Å². The molecule has 1 amide bonds. The number of thiazole rings is 1. The molecule has 0 spiro atoms. The molecule has 1 heterocycles. The van der Waals surface area contributed by atoms with E-state index in [0.29, 0.717) is 0 Å². The van der Waals surface area contributed by atoms with Gasteiger partial charge in [0, 0.05) is 12.1 Å². The lowest BCUT2D eigenvalue weighted by Gasteiger charge is -2.12. The number of rotatable bonds is 7. The van der Waals surface area contributed by atoms with E-state index in [2.05, 4.69) is 19.8 Å². The lowest BCUT2D eigenvalue weighted by molar-refractivity contribution is -0.275. The van der Waals surface area contributed by atoms with E-state index in [9.17, 15) is 30.8 Å². The maximum absolute atomic E-state index is 13.5. The van der Waals surface area contributed by atoms with Crippen molar-refractivity contribution in [1.29, 1.82) is 0 Å². The molecule has 3 rings (SSSR count). The predicted octanol–water partition coefficient (Wildman–Crippen LogP) is 5.22. The lowest BCUT2D eigenvalue weighted by atomic mass is 10.2. The number of hydrogen-bond donors (Lipinski definition) is 2. The number of hydrogen-bond acceptors (Lipinski definition) is 6. The van der Waals surface area contributed by atoms with Crippen molar-refractivity contribution in [3.05, 3.63) is 68.9 Å². The molecular weight excluding hydrogens is 533 g/mol. The molecule has 0 fully saturated rings. The maximum atomic E-state index is 13.5. The van der Waals surface area contributed by atoms with E-state index in [1.54, 1.807) is 0 Å². The Morgan fingerprint density at radius 3 is 2.48 bits per heavy atom. The van der Waals surface area contributed by atoms with Gasteiger partial charge in [-0.3, -0.25) is 9.52 Å². The third kappa shape index (κ3) is 6.69. The number of alkyl halides is 3. The van der Waals surface area contributed by atoms with Crippen LogP contribution in [0.4, 0.5) is 22.7 Å². The zero-order valence-corrected chi connectivity index (χ0v) is 19.1. The first-order valence-electron chi connectivity index (χ1n) is 8.60. The van der Waals surface area contributed by atoms with Crippen molar-refractivity contribution in [1.82, 2.24) is 10.3 Å². The number of nitrogens with zero attached hydrogens (tertiary/aromatic N) is 1. The van der Waals surface area contributed by atoms with Crippen LogP contribution in [0.2, 0.25) is 9.36 Å². The minimum Gasteiger partial charge on any atom is -0.403 e. The number of amides is 1. The highest BCUT2D eigenvalue weighted by atomic mass is 35.5. The Bertz CT molecular complexity index is 1300. The molecule has 0 aliphatic carbocycles. The quantitative estimate of drug-likeness (QED) is 0.398. The normalized spacial score (nSPS) is 11.8. The van der Waals surface area contributed by atoms with Gasteiger partial charge in [0.05, 0.1) is 11.2 Å². The van der Waals surface area contributed by atoms with E-state index in [4.69, 9.17) is 23.2 Å². The molecule has 176 valence electrons. The average molecular weight is 544 g/mol. The second-order valence-electron chi connectivity index (χ2n) is 6.22. The van der Waals surface area contributed by atoms with Gasteiger partial charge in [0.15, 0.2) is 16.7 Å². The molecule has 0 aliphatic rings. The van der Waals surface area contributed by atoms with E-state index in [1.807, 2.05) is 0 Å². The second kappa shape index (κ2) is 9.71. The Labute approximate surface area is 198 Å². The predicted molar refractivity (Wildman–Crippen MR) is 114 cm³/mol. The summed E-state index contributed by atoms with van der Waals surface area (Å²) in [5, 5.41) is 2.16. The molecule has 33 heavy (non-hydrogen) atoms. The number of aromatic nitrogens is 1. The average Bonchev–Trinajstić information content (AvgIpc) is 3.10. The Morgan fingerprint density at radius 2 is 1.88 bits per heavy atom. The van der Waals surface area contributed by atoms with Crippen LogP contribution in [0, 0.1) is 5.82 Å². The first-order valence-corrected chi connectivity index (χ1v) is 11.7. The number of carbonyl (C=O) groups excluding carboxylic acids is 1. The maximum Gasteiger partial charge on any atom is 0.573 e. The Hall–Kier alpha value is -2.61. The Morgan fingerprint density at radius 1 is 1.15 bits per heavy atom. The molecule has 2 aromatic carbocycles. The smallest absolute Gasteiger partial charge is 0.403 e. The van der Waals surface area contributed by atoms with E-state index in [0.717, 1.165) is 41.7 Å².